The number of nitrogen functional groups attached to an aromatic ring is 1. The fourth-order valence-corrected chi connectivity index (χ4v) is 2.35. The summed E-state index contributed by atoms with van der Waals surface area (Å²) in [6.45, 7) is 1.14. The van der Waals surface area contributed by atoms with E-state index in [0.29, 0.717) is 6.04 Å². The highest BCUT2D eigenvalue weighted by atomic mass is 32.2. The van der Waals surface area contributed by atoms with Gasteiger partial charge in [0.1, 0.15) is 6.33 Å². The first-order chi connectivity index (χ1) is 6.36. The maximum Gasteiger partial charge on any atom is 0.209 e. The van der Waals surface area contributed by atoms with Crippen molar-refractivity contribution in [2.75, 3.05) is 18.1 Å². The normalized spacial score (nSPS) is 22.3. The SMILES string of the molecule is Nn1cnnc1SCC1CCCN1. The Hall–Kier alpha value is -0.750. The van der Waals surface area contributed by atoms with Crippen molar-refractivity contribution < 1.29 is 0 Å². The fourth-order valence-electron chi connectivity index (χ4n) is 1.41. The number of nitrogens with one attached hydrogen (secondary N) is 1. The molecule has 1 fully saturated rings. The Morgan fingerprint density at radius 2 is 2.69 bits per heavy atom. The fraction of sp³-hybridized carbons (Fsp3) is 0.714. The van der Waals surface area contributed by atoms with Gasteiger partial charge < -0.3 is 11.2 Å². The van der Waals surface area contributed by atoms with E-state index in [-0.39, 0.29) is 0 Å². The van der Waals surface area contributed by atoms with Gasteiger partial charge in [-0.15, -0.1) is 10.2 Å². The Morgan fingerprint density at radius 1 is 1.77 bits per heavy atom. The summed E-state index contributed by atoms with van der Waals surface area (Å²) in [7, 11) is 0. The molecule has 1 aliphatic heterocycles. The van der Waals surface area contributed by atoms with E-state index >= 15 is 0 Å². The van der Waals surface area contributed by atoms with Gasteiger partial charge in [-0.05, 0) is 19.4 Å². The quantitative estimate of drug-likeness (QED) is 0.523. The lowest BCUT2D eigenvalue weighted by molar-refractivity contribution is 0.672. The predicted molar refractivity (Wildman–Crippen MR) is 51.9 cm³/mol. The van der Waals surface area contributed by atoms with Gasteiger partial charge in [0.15, 0.2) is 0 Å². The number of hydrogen-bond acceptors (Lipinski definition) is 5. The summed E-state index contributed by atoms with van der Waals surface area (Å²) >= 11 is 1.65. The van der Waals surface area contributed by atoms with Gasteiger partial charge in [0.05, 0.1) is 0 Å². The van der Waals surface area contributed by atoms with E-state index in [2.05, 4.69) is 15.5 Å². The van der Waals surface area contributed by atoms with E-state index in [1.54, 1.807) is 11.8 Å². The van der Waals surface area contributed by atoms with Crippen molar-refractivity contribution in [3.8, 4) is 0 Å². The Labute approximate surface area is 81.1 Å². The molecule has 5 nitrogen and oxygen atoms in total. The molecule has 0 amide bonds. The number of aromatic nitrogens is 3. The summed E-state index contributed by atoms with van der Waals surface area (Å²) in [5, 5.41) is 11.8. The van der Waals surface area contributed by atoms with Gasteiger partial charge in [0.2, 0.25) is 5.16 Å². The average molecular weight is 199 g/mol. The van der Waals surface area contributed by atoms with Crippen LogP contribution in [0.3, 0.4) is 0 Å². The first kappa shape index (κ1) is 8.83. The Morgan fingerprint density at radius 3 is 3.31 bits per heavy atom. The molecule has 0 saturated carbocycles. The van der Waals surface area contributed by atoms with Crippen LogP contribution in [0.5, 0.6) is 0 Å². The summed E-state index contributed by atoms with van der Waals surface area (Å²) in [5.41, 5.74) is 0. The molecule has 0 radical (unpaired) electrons. The van der Waals surface area contributed by atoms with Crippen molar-refractivity contribution in [1.29, 1.82) is 0 Å². The average Bonchev–Trinajstić information content (AvgIpc) is 2.72. The zero-order valence-electron chi connectivity index (χ0n) is 7.31. The minimum Gasteiger partial charge on any atom is -0.336 e. The van der Waals surface area contributed by atoms with E-state index in [1.165, 1.54) is 23.8 Å². The monoisotopic (exact) mass is 199 g/mol. The maximum atomic E-state index is 5.58. The molecular weight excluding hydrogens is 186 g/mol. The molecule has 72 valence electrons. The number of hydrogen-bond donors (Lipinski definition) is 2. The molecule has 0 bridgehead atoms. The molecule has 1 aromatic heterocycles. The summed E-state index contributed by atoms with van der Waals surface area (Å²) in [5.74, 6) is 6.60. The van der Waals surface area contributed by atoms with E-state index in [4.69, 9.17) is 5.84 Å². The second-order valence-electron chi connectivity index (χ2n) is 3.13. The van der Waals surface area contributed by atoms with Crippen LogP contribution in [0.15, 0.2) is 11.5 Å². The van der Waals surface area contributed by atoms with Crippen molar-refractivity contribution in [2.45, 2.75) is 24.0 Å². The first-order valence-corrected chi connectivity index (χ1v) is 5.36. The minimum atomic E-state index is 0.613. The summed E-state index contributed by atoms with van der Waals surface area (Å²) in [6, 6.07) is 0.613. The summed E-state index contributed by atoms with van der Waals surface area (Å²) < 4.78 is 1.46. The topological polar surface area (TPSA) is 68.8 Å². The molecule has 1 saturated heterocycles. The molecule has 3 N–H and O–H groups in total. The second-order valence-corrected chi connectivity index (χ2v) is 4.11. The third-order valence-electron chi connectivity index (χ3n) is 2.12. The number of thioether (sulfide) groups is 1. The molecule has 13 heavy (non-hydrogen) atoms. The lowest BCUT2D eigenvalue weighted by Gasteiger charge is -2.07. The lowest BCUT2D eigenvalue weighted by atomic mass is 10.3. The van der Waals surface area contributed by atoms with Crippen molar-refractivity contribution in [3.63, 3.8) is 0 Å². The smallest absolute Gasteiger partial charge is 0.209 e. The summed E-state index contributed by atoms with van der Waals surface area (Å²) in [4.78, 5) is 0. The van der Waals surface area contributed by atoms with E-state index in [0.717, 1.165) is 17.5 Å². The van der Waals surface area contributed by atoms with Gasteiger partial charge in [0, 0.05) is 11.8 Å². The van der Waals surface area contributed by atoms with Crippen molar-refractivity contribution in [2.24, 2.45) is 0 Å². The standard InChI is InChI=1S/C7H13N5S/c8-12-5-10-11-7(12)13-4-6-2-1-3-9-6/h5-6,9H,1-4,8H2. The Kier molecular flexibility index (Phi) is 2.70. The van der Waals surface area contributed by atoms with Crippen LogP contribution in [-0.4, -0.2) is 33.2 Å². The maximum absolute atomic E-state index is 5.58. The molecular formula is C7H13N5S. The minimum absolute atomic E-state index is 0.613. The first-order valence-electron chi connectivity index (χ1n) is 4.37. The highest BCUT2D eigenvalue weighted by molar-refractivity contribution is 7.99. The van der Waals surface area contributed by atoms with Crippen LogP contribution in [-0.2, 0) is 0 Å². The molecule has 2 heterocycles. The molecule has 1 aromatic rings. The molecule has 0 aliphatic carbocycles. The van der Waals surface area contributed by atoms with Gasteiger partial charge in [-0.2, -0.15) is 0 Å². The lowest BCUT2D eigenvalue weighted by Crippen LogP contribution is -2.24. The van der Waals surface area contributed by atoms with Crippen LogP contribution in [0.1, 0.15) is 12.8 Å². The van der Waals surface area contributed by atoms with Crippen LogP contribution >= 0.6 is 11.8 Å². The number of nitrogens with two attached hydrogens (primary N) is 1. The molecule has 2 rings (SSSR count). The van der Waals surface area contributed by atoms with Crippen molar-refractivity contribution >= 4 is 11.8 Å². The van der Waals surface area contributed by atoms with Crippen LogP contribution in [0.2, 0.25) is 0 Å². The third kappa shape index (κ3) is 2.13. The molecule has 6 heteroatoms. The molecule has 1 unspecified atom stereocenters. The molecule has 0 aromatic carbocycles. The molecule has 0 spiro atoms. The Balaban J connectivity index is 1.82. The number of rotatable bonds is 3. The Bertz CT molecular complexity index is 268. The van der Waals surface area contributed by atoms with Crippen LogP contribution in [0.25, 0.3) is 0 Å². The number of nitrogens with zero attached hydrogens (tertiary/aromatic N) is 3. The van der Waals surface area contributed by atoms with Gasteiger partial charge in [-0.25, -0.2) is 4.68 Å². The van der Waals surface area contributed by atoms with Crippen molar-refractivity contribution in [3.05, 3.63) is 6.33 Å². The zero-order valence-corrected chi connectivity index (χ0v) is 8.13. The van der Waals surface area contributed by atoms with Gasteiger partial charge in [0.25, 0.3) is 0 Å². The van der Waals surface area contributed by atoms with E-state index in [9.17, 15) is 0 Å². The van der Waals surface area contributed by atoms with E-state index in [1.807, 2.05) is 0 Å². The highest BCUT2D eigenvalue weighted by Gasteiger charge is 2.15. The zero-order chi connectivity index (χ0) is 9.10. The third-order valence-corrected chi connectivity index (χ3v) is 3.24. The highest BCUT2D eigenvalue weighted by Crippen LogP contribution is 2.17. The van der Waals surface area contributed by atoms with Crippen LogP contribution in [0, 0.1) is 0 Å². The second kappa shape index (κ2) is 3.97. The predicted octanol–water partition coefficient (Wildman–Crippen LogP) is -0.164. The van der Waals surface area contributed by atoms with Crippen LogP contribution < -0.4 is 11.2 Å². The molecule has 1 aliphatic rings. The van der Waals surface area contributed by atoms with Gasteiger partial charge in [-0.1, -0.05) is 11.8 Å². The van der Waals surface area contributed by atoms with Crippen LogP contribution in [0.4, 0.5) is 0 Å². The van der Waals surface area contributed by atoms with Gasteiger partial charge in [-0.3, -0.25) is 0 Å². The largest absolute Gasteiger partial charge is 0.336 e. The van der Waals surface area contributed by atoms with E-state index < -0.39 is 0 Å². The molecule has 1 atom stereocenters. The van der Waals surface area contributed by atoms with Crippen molar-refractivity contribution in [1.82, 2.24) is 20.2 Å². The summed E-state index contributed by atoms with van der Waals surface area (Å²) in [6.07, 6.45) is 4.05. The van der Waals surface area contributed by atoms with Gasteiger partial charge >= 0.3 is 0 Å².